The normalized spacial score (nSPS) is 11.2. The smallest absolute Gasteiger partial charge is 0.273 e. The van der Waals surface area contributed by atoms with Gasteiger partial charge >= 0.3 is 0 Å². The lowest BCUT2D eigenvalue weighted by atomic mass is 10.1. The largest absolute Gasteiger partial charge is 0.496 e. The molecule has 0 aliphatic rings. The van der Waals surface area contributed by atoms with Gasteiger partial charge in [-0.15, -0.1) is 0 Å². The summed E-state index contributed by atoms with van der Waals surface area (Å²) < 4.78 is 10.5. The second-order valence-electron chi connectivity index (χ2n) is 5.48. The van der Waals surface area contributed by atoms with Crippen LogP contribution in [0.2, 0.25) is 0 Å². The van der Waals surface area contributed by atoms with Crippen molar-refractivity contribution in [2.75, 3.05) is 7.11 Å². The number of carbonyl (C=O) groups is 1. The lowest BCUT2D eigenvalue weighted by molar-refractivity contribution is 0.0910. The van der Waals surface area contributed by atoms with Gasteiger partial charge in [0.25, 0.3) is 5.91 Å². The standard InChI is InChI=1S/C15H18N2O3/c1-15(2,3)16-14(18)11-9-13(20-17-11)10-7-5-6-8-12(10)19-4/h5-9H,1-4H3,(H,16,18). The highest BCUT2D eigenvalue weighted by atomic mass is 16.5. The average molecular weight is 274 g/mol. The number of para-hydroxylation sites is 1. The first-order valence-corrected chi connectivity index (χ1v) is 6.33. The molecule has 20 heavy (non-hydrogen) atoms. The molecule has 5 nitrogen and oxygen atoms in total. The van der Waals surface area contributed by atoms with Crippen LogP contribution in [-0.4, -0.2) is 23.7 Å². The highest BCUT2D eigenvalue weighted by Gasteiger charge is 2.20. The number of benzene rings is 1. The van der Waals surface area contributed by atoms with E-state index in [4.69, 9.17) is 9.26 Å². The Balaban J connectivity index is 2.27. The van der Waals surface area contributed by atoms with Crippen molar-refractivity contribution in [2.45, 2.75) is 26.3 Å². The summed E-state index contributed by atoms with van der Waals surface area (Å²) in [6, 6.07) is 9.03. The van der Waals surface area contributed by atoms with Gasteiger partial charge < -0.3 is 14.6 Å². The van der Waals surface area contributed by atoms with E-state index in [2.05, 4.69) is 10.5 Å². The summed E-state index contributed by atoms with van der Waals surface area (Å²) in [6.07, 6.45) is 0. The molecule has 0 saturated heterocycles. The van der Waals surface area contributed by atoms with Crippen molar-refractivity contribution in [3.63, 3.8) is 0 Å². The Kier molecular flexibility index (Phi) is 3.79. The minimum Gasteiger partial charge on any atom is -0.496 e. The topological polar surface area (TPSA) is 64.4 Å². The van der Waals surface area contributed by atoms with Gasteiger partial charge in [0.2, 0.25) is 0 Å². The van der Waals surface area contributed by atoms with Crippen LogP contribution in [0.4, 0.5) is 0 Å². The molecular formula is C15H18N2O3. The van der Waals surface area contributed by atoms with Crippen LogP contribution in [0.15, 0.2) is 34.9 Å². The summed E-state index contributed by atoms with van der Waals surface area (Å²) in [5, 5.41) is 6.65. The van der Waals surface area contributed by atoms with Gasteiger partial charge in [0.05, 0.1) is 12.7 Å². The van der Waals surface area contributed by atoms with E-state index < -0.39 is 0 Å². The highest BCUT2D eigenvalue weighted by Crippen LogP contribution is 2.29. The molecular weight excluding hydrogens is 256 g/mol. The van der Waals surface area contributed by atoms with Crippen molar-refractivity contribution in [1.82, 2.24) is 10.5 Å². The van der Waals surface area contributed by atoms with E-state index in [1.54, 1.807) is 13.2 Å². The third-order valence-corrected chi connectivity index (χ3v) is 2.60. The average Bonchev–Trinajstić information content (AvgIpc) is 2.86. The van der Waals surface area contributed by atoms with E-state index >= 15 is 0 Å². The van der Waals surface area contributed by atoms with Crippen LogP contribution < -0.4 is 10.1 Å². The van der Waals surface area contributed by atoms with Gasteiger partial charge in [-0.1, -0.05) is 17.3 Å². The van der Waals surface area contributed by atoms with Crippen molar-refractivity contribution in [1.29, 1.82) is 0 Å². The summed E-state index contributed by atoms with van der Waals surface area (Å²) in [5.74, 6) is 0.912. The summed E-state index contributed by atoms with van der Waals surface area (Å²) in [6.45, 7) is 5.73. The fourth-order valence-corrected chi connectivity index (χ4v) is 1.76. The molecule has 2 aromatic rings. The Morgan fingerprint density at radius 2 is 2.00 bits per heavy atom. The summed E-state index contributed by atoms with van der Waals surface area (Å²) in [4.78, 5) is 12.0. The minimum absolute atomic E-state index is 0.251. The number of ether oxygens (including phenoxy) is 1. The number of amides is 1. The second-order valence-corrected chi connectivity index (χ2v) is 5.48. The number of hydrogen-bond acceptors (Lipinski definition) is 4. The van der Waals surface area contributed by atoms with Gasteiger partial charge in [-0.3, -0.25) is 4.79 Å². The van der Waals surface area contributed by atoms with Gasteiger partial charge in [-0.2, -0.15) is 0 Å². The first-order valence-electron chi connectivity index (χ1n) is 6.33. The molecule has 106 valence electrons. The molecule has 0 unspecified atom stereocenters. The molecule has 1 heterocycles. The lowest BCUT2D eigenvalue weighted by Crippen LogP contribution is -2.40. The molecule has 0 radical (unpaired) electrons. The number of rotatable bonds is 3. The molecule has 0 bridgehead atoms. The maximum Gasteiger partial charge on any atom is 0.273 e. The second kappa shape index (κ2) is 5.36. The van der Waals surface area contributed by atoms with Gasteiger partial charge in [-0.05, 0) is 32.9 Å². The number of aromatic nitrogens is 1. The van der Waals surface area contributed by atoms with Gasteiger partial charge in [0, 0.05) is 11.6 Å². The Morgan fingerprint density at radius 3 is 2.65 bits per heavy atom. The van der Waals surface area contributed by atoms with Crippen LogP contribution >= 0.6 is 0 Å². The van der Waals surface area contributed by atoms with E-state index in [1.165, 1.54) is 0 Å². The zero-order valence-corrected chi connectivity index (χ0v) is 12.1. The van der Waals surface area contributed by atoms with Crippen LogP contribution in [-0.2, 0) is 0 Å². The third-order valence-electron chi connectivity index (χ3n) is 2.60. The minimum atomic E-state index is -0.319. The molecule has 1 aromatic carbocycles. The summed E-state index contributed by atoms with van der Waals surface area (Å²) in [5.41, 5.74) is 0.693. The third kappa shape index (κ3) is 3.17. The van der Waals surface area contributed by atoms with Crippen LogP contribution in [0.3, 0.4) is 0 Å². The molecule has 0 saturated carbocycles. The number of carbonyl (C=O) groups excluding carboxylic acids is 1. The van der Waals surface area contributed by atoms with Crippen LogP contribution in [0.5, 0.6) is 5.75 Å². The Morgan fingerprint density at radius 1 is 1.30 bits per heavy atom. The maximum atomic E-state index is 12.0. The van der Waals surface area contributed by atoms with Gasteiger partial charge in [0.1, 0.15) is 5.75 Å². The molecule has 0 spiro atoms. The first-order chi connectivity index (χ1) is 9.40. The number of hydrogen-bond donors (Lipinski definition) is 1. The lowest BCUT2D eigenvalue weighted by Gasteiger charge is -2.19. The van der Waals surface area contributed by atoms with Crippen molar-refractivity contribution in [3.8, 4) is 17.1 Å². The molecule has 2 rings (SSSR count). The summed E-state index contributed by atoms with van der Waals surface area (Å²) >= 11 is 0. The predicted molar refractivity (Wildman–Crippen MR) is 75.7 cm³/mol. The maximum absolute atomic E-state index is 12.0. The molecule has 0 aliphatic carbocycles. The van der Waals surface area contributed by atoms with Crippen LogP contribution in [0, 0.1) is 0 Å². The Bertz CT molecular complexity index is 612. The van der Waals surface area contributed by atoms with Crippen molar-refractivity contribution in [2.24, 2.45) is 0 Å². The van der Waals surface area contributed by atoms with E-state index in [1.807, 2.05) is 45.0 Å². The fraction of sp³-hybridized carbons (Fsp3) is 0.333. The molecule has 1 amide bonds. The molecule has 0 fully saturated rings. The van der Waals surface area contributed by atoms with Crippen molar-refractivity contribution >= 4 is 5.91 Å². The van der Waals surface area contributed by atoms with Gasteiger partial charge in [0.15, 0.2) is 11.5 Å². The van der Waals surface area contributed by atoms with E-state index in [0.717, 1.165) is 5.56 Å². The molecule has 5 heteroatoms. The van der Waals surface area contributed by atoms with Crippen molar-refractivity contribution < 1.29 is 14.1 Å². The van der Waals surface area contributed by atoms with Crippen molar-refractivity contribution in [3.05, 3.63) is 36.0 Å². The number of nitrogens with one attached hydrogen (secondary N) is 1. The van der Waals surface area contributed by atoms with E-state index in [0.29, 0.717) is 11.5 Å². The fourth-order valence-electron chi connectivity index (χ4n) is 1.76. The Hall–Kier alpha value is -2.30. The van der Waals surface area contributed by atoms with E-state index in [-0.39, 0.29) is 17.1 Å². The van der Waals surface area contributed by atoms with E-state index in [9.17, 15) is 4.79 Å². The predicted octanol–water partition coefficient (Wildman–Crippen LogP) is 2.88. The molecule has 0 atom stereocenters. The Labute approximate surface area is 117 Å². The van der Waals surface area contributed by atoms with Gasteiger partial charge in [-0.25, -0.2) is 0 Å². The monoisotopic (exact) mass is 274 g/mol. The zero-order chi connectivity index (χ0) is 14.8. The summed E-state index contributed by atoms with van der Waals surface area (Å²) in [7, 11) is 1.59. The number of methoxy groups -OCH3 is 1. The molecule has 1 N–H and O–H groups in total. The molecule has 1 aromatic heterocycles. The first kappa shape index (κ1) is 14.1. The van der Waals surface area contributed by atoms with Crippen LogP contribution in [0.25, 0.3) is 11.3 Å². The quantitative estimate of drug-likeness (QED) is 0.934. The zero-order valence-electron chi connectivity index (χ0n) is 12.1. The highest BCUT2D eigenvalue weighted by molar-refractivity contribution is 5.93. The SMILES string of the molecule is COc1ccccc1-c1cc(C(=O)NC(C)(C)C)no1. The molecule has 0 aliphatic heterocycles. The number of nitrogens with zero attached hydrogens (tertiary/aromatic N) is 1. The van der Waals surface area contributed by atoms with Crippen LogP contribution in [0.1, 0.15) is 31.3 Å².